The van der Waals surface area contributed by atoms with Crippen LogP contribution in [0.4, 0.5) is 0 Å². The van der Waals surface area contributed by atoms with Crippen molar-refractivity contribution in [1.29, 1.82) is 0 Å². The molecular weight excluding hydrogens is 862 g/mol. The Morgan fingerprint density at radius 3 is 2.15 bits per heavy atom. The number of aromatic nitrogens is 2. The lowest BCUT2D eigenvalue weighted by Gasteiger charge is -2.34. The summed E-state index contributed by atoms with van der Waals surface area (Å²) in [6, 6.07) is 28.7. The van der Waals surface area contributed by atoms with Crippen molar-refractivity contribution in [3.8, 4) is 22.8 Å². The van der Waals surface area contributed by atoms with E-state index in [0.717, 1.165) is 47.8 Å². The molecule has 65 heavy (non-hydrogen) atoms. The number of likely N-dealkylation sites (N-methyl/N-ethyl adjacent to an activating group) is 1. The van der Waals surface area contributed by atoms with E-state index in [-0.39, 0.29) is 61.8 Å². The molecule has 1 aromatic heterocycles. The molecule has 0 radical (unpaired) electrons. The molecule has 342 valence electrons. The Hall–Kier alpha value is -5.33. The summed E-state index contributed by atoms with van der Waals surface area (Å²) >= 11 is 12.8. The first-order chi connectivity index (χ1) is 31.4. The number of methoxy groups -OCH3 is 1. The van der Waals surface area contributed by atoms with Crippen molar-refractivity contribution in [1.82, 2.24) is 24.3 Å². The summed E-state index contributed by atoms with van der Waals surface area (Å²) in [4.78, 5) is 68.3. The number of rotatable bonds is 13. The normalized spacial score (nSPS) is 20.6. The van der Waals surface area contributed by atoms with Gasteiger partial charge in [-0.1, -0.05) is 71.7 Å². The SMILES string of the molecule is COC[C@@H]1CC(=O)[C@H](C)N(Cc2ccc(Cl)cc2Oc2ccc(-c3cnc(CN4CCCC4)n3C)cc2)C(=O)C[C@@H](Cc2ccccc2)C(=O)CC[C@@H](Cc2ccc(Cl)cc2)N(C)C1=O. The fourth-order valence-electron chi connectivity index (χ4n) is 9.04. The first-order valence-electron chi connectivity index (χ1n) is 22.5. The van der Waals surface area contributed by atoms with E-state index < -0.39 is 17.9 Å². The number of halogens is 2. The number of amides is 2. The highest BCUT2D eigenvalue weighted by atomic mass is 35.5. The van der Waals surface area contributed by atoms with Gasteiger partial charge in [0, 0.05) is 73.6 Å². The van der Waals surface area contributed by atoms with Crippen molar-refractivity contribution in [3.63, 3.8) is 0 Å². The average Bonchev–Trinajstić information content (AvgIpc) is 3.96. The van der Waals surface area contributed by atoms with Crippen LogP contribution in [0.3, 0.4) is 0 Å². The molecule has 5 aromatic rings. The van der Waals surface area contributed by atoms with Gasteiger partial charge in [0.15, 0.2) is 5.78 Å². The molecule has 2 fully saturated rings. The highest BCUT2D eigenvalue weighted by molar-refractivity contribution is 6.31. The summed E-state index contributed by atoms with van der Waals surface area (Å²) in [6.07, 6.45) is 5.43. The molecule has 0 aliphatic carbocycles. The summed E-state index contributed by atoms with van der Waals surface area (Å²) in [6.45, 7) is 4.69. The minimum Gasteiger partial charge on any atom is -0.457 e. The lowest BCUT2D eigenvalue weighted by molar-refractivity contribution is -0.145. The van der Waals surface area contributed by atoms with Gasteiger partial charge in [0.05, 0.1) is 43.5 Å². The number of likely N-dealkylation sites (tertiary alicyclic amines) is 1. The Morgan fingerprint density at radius 1 is 0.754 bits per heavy atom. The zero-order valence-electron chi connectivity index (χ0n) is 37.8. The fraction of sp³-hybridized carbons (Fsp3) is 0.404. The fourth-order valence-corrected chi connectivity index (χ4v) is 9.33. The second kappa shape index (κ2) is 22.2. The van der Waals surface area contributed by atoms with Gasteiger partial charge in [-0.3, -0.25) is 24.1 Å². The van der Waals surface area contributed by atoms with Crippen LogP contribution in [0.5, 0.6) is 11.5 Å². The van der Waals surface area contributed by atoms with Gasteiger partial charge in [-0.15, -0.1) is 0 Å². The van der Waals surface area contributed by atoms with E-state index in [4.69, 9.17) is 37.7 Å². The number of nitrogens with zero attached hydrogens (tertiary/aromatic N) is 5. The van der Waals surface area contributed by atoms with Gasteiger partial charge in [-0.25, -0.2) is 4.98 Å². The van der Waals surface area contributed by atoms with E-state index in [9.17, 15) is 19.2 Å². The van der Waals surface area contributed by atoms with Crippen LogP contribution in [-0.4, -0.2) is 93.6 Å². The molecule has 0 spiro atoms. The molecule has 0 bridgehead atoms. The van der Waals surface area contributed by atoms with Crippen molar-refractivity contribution >= 4 is 46.6 Å². The Morgan fingerprint density at radius 2 is 1.45 bits per heavy atom. The van der Waals surface area contributed by atoms with Crippen LogP contribution in [0.15, 0.2) is 103 Å². The first kappa shape index (κ1) is 47.6. The Bertz CT molecular complexity index is 2420. The van der Waals surface area contributed by atoms with Crippen molar-refractivity contribution in [3.05, 3.63) is 136 Å². The number of hydrogen-bond acceptors (Lipinski definition) is 8. The van der Waals surface area contributed by atoms with Gasteiger partial charge < -0.3 is 23.8 Å². The first-order valence-corrected chi connectivity index (χ1v) is 23.3. The molecule has 0 unspecified atom stereocenters. The largest absolute Gasteiger partial charge is 0.457 e. The van der Waals surface area contributed by atoms with Crippen LogP contribution in [0.2, 0.25) is 10.0 Å². The lowest BCUT2D eigenvalue weighted by Crippen LogP contribution is -2.48. The number of Topliss-reactive ketones (excluding diaryl/α,β-unsaturated/α-hetero) is 2. The minimum absolute atomic E-state index is 0.00957. The molecule has 0 N–H and O–H groups in total. The molecule has 2 aliphatic heterocycles. The Kier molecular flexibility index (Phi) is 16.3. The van der Waals surface area contributed by atoms with Gasteiger partial charge in [0.25, 0.3) is 0 Å². The molecule has 0 saturated carbocycles. The van der Waals surface area contributed by atoms with Crippen LogP contribution >= 0.6 is 23.2 Å². The third-order valence-corrected chi connectivity index (χ3v) is 13.5. The van der Waals surface area contributed by atoms with E-state index in [1.807, 2.05) is 80.0 Å². The zero-order chi connectivity index (χ0) is 46.0. The second-order valence-corrected chi connectivity index (χ2v) is 18.4. The van der Waals surface area contributed by atoms with Crippen LogP contribution in [-0.2, 0) is 56.9 Å². The lowest BCUT2D eigenvalue weighted by atomic mass is 9.87. The zero-order valence-corrected chi connectivity index (χ0v) is 39.3. The van der Waals surface area contributed by atoms with Crippen LogP contribution in [0.1, 0.15) is 68.0 Å². The summed E-state index contributed by atoms with van der Waals surface area (Å²) in [5.74, 6) is -0.493. The van der Waals surface area contributed by atoms with Crippen LogP contribution < -0.4 is 4.74 Å². The predicted molar refractivity (Wildman–Crippen MR) is 254 cm³/mol. The van der Waals surface area contributed by atoms with Gasteiger partial charge >= 0.3 is 0 Å². The summed E-state index contributed by atoms with van der Waals surface area (Å²) in [7, 11) is 5.27. The second-order valence-electron chi connectivity index (χ2n) is 17.5. The quantitative estimate of drug-likeness (QED) is 0.115. The molecule has 11 nitrogen and oxygen atoms in total. The van der Waals surface area contributed by atoms with Gasteiger partial charge in [0.1, 0.15) is 23.1 Å². The maximum absolute atomic E-state index is 14.8. The minimum atomic E-state index is -0.961. The topological polar surface area (TPSA) is 114 Å². The monoisotopic (exact) mass is 919 g/mol. The maximum Gasteiger partial charge on any atom is 0.228 e. The molecule has 2 aliphatic rings. The number of carbonyl (C=O) groups excluding carboxylic acids is 4. The number of carbonyl (C=O) groups is 4. The molecule has 4 aromatic carbocycles. The Balaban J connectivity index is 1.16. The highest BCUT2D eigenvalue weighted by Crippen LogP contribution is 2.33. The van der Waals surface area contributed by atoms with E-state index in [2.05, 4.69) is 9.47 Å². The van der Waals surface area contributed by atoms with E-state index >= 15 is 0 Å². The molecule has 7 rings (SSSR count). The van der Waals surface area contributed by atoms with Crippen molar-refractivity contribution in [2.75, 3.05) is 33.9 Å². The highest BCUT2D eigenvalue weighted by Gasteiger charge is 2.36. The van der Waals surface area contributed by atoms with Crippen molar-refractivity contribution < 1.29 is 28.7 Å². The summed E-state index contributed by atoms with van der Waals surface area (Å²) < 4.78 is 14.1. The number of ether oxygens (including phenoxy) is 2. The van der Waals surface area contributed by atoms with Gasteiger partial charge in [-0.05, 0) is 112 Å². The van der Waals surface area contributed by atoms with Crippen molar-refractivity contribution in [2.45, 2.75) is 83.5 Å². The van der Waals surface area contributed by atoms with E-state index in [0.29, 0.717) is 46.4 Å². The van der Waals surface area contributed by atoms with Crippen LogP contribution in [0.25, 0.3) is 11.3 Å². The van der Waals surface area contributed by atoms with E-state index in [1.54, 1.807) is 49.2 Å². The molecule has 2 saturated heterocycles. The number of benzene rings is 4. The average molecular weight is 921 g/mol. The smallest absolute Gasteiger partial charge is 0.228 e. The van der Waals surface area contributed by atoms with Crippen LogP contribution in [0, 0.1) is 11.8 Å². The van der Waals surface area contributed by atoms with Crippen molar-refractivity contribution in [2.24, 2.45) is 18.9 Å². The molecule has 3 heterocycles. The maximum atomic E-state index is 14.8. The third-order valence-electron chi connectivity index (χ3n) is 13.0. The van der Waals surface area contributed by atoms with E-state index in [1.165, 1.54) is 24.9 Å². The molecule has 13 heteroatoms. The number of hydrogen-bond donors (Lipinski definition) is 0. The van der Waals surface area contributed by atoms with Gasteiger partial charge in [0.2, 0.25) is 11.8 Å². The summed E-state index contributed by atoms with van der Waals surface area (Å²) in [5.41, 5.74) is 4.49. The Labute approximate surface area is 392 Å². The third kappa shape index (κ3) is 12.3. The molecule has 4 atom stereocenters. The predicted octanol–water partition coefficient (Wildman–Crippen LogP) is 9.40. The number of ketones is 2. The number of imidazole rings is 1. The molecule has 2 amide bonds. The standard InChI is InChI=1S/C52H59Cl2N5O6/c1-35-48(61)28-41(34-64-4)52(63)56(2)44(27-37-12-17-42(53)18-13-37)20-23-47(60)40(26-36-10-6-5-7-11-36)29-51(62)59(35)32-39-14-19-43(54)30-49(39)65-45-21-15-38(16-22-45)46-31-55-50(57(46)3)33-58-24-8-9-25-58/h5-7,10-19,21-22,30-31,35,40-41,44H,8-9,20,23-29,32-34H2,1-4H3/t35-,40+,41-,44-/m0/s1. The van der Waals surface area contributed by atoms with Gasteiger partial charge in [-0.2, -0.15) is 0 Å². The summed E-state index contributed by atoms with van der Waals surface area (Å²) in [5, 5.41) is 1.04. The molecular formula is C52H59Cl2N5O6.